The van der Waals surface area contributed by atoms with Crippen LogP contribution in [0.1, 0.15) is 37.3 Å². The molecule has 1 aliphatic rings. The Morgan fingerprint density at radius 1 is 1.04 bits per heavy atom. The average Bonchev–Trinajstić information content (AvgIpc) is 2.98. The van der Waals surface area contributed by atoms with Gasteiger partial charge >= 0.3 is 0 Å². The summed E-state index contributed by atoms with van der Waals surface area (Å²) >= 11 is 1.59. The van der Waals surface area contributed by atoms with Crippen molar-refractivity contribution in [1.29, 1.82) is 0 Å². The summed E-state index contributed by atoms with van der Waals surface area (Å²) in [5.41, 5.74) is 3.30. The second kappa shape index (κ2) is 9.57. The summed E-state index contributed by atoms with van der Waals surface area (Å²) in [5.74, 6) is 0.408. The number of unbranched alkanes of at least 4 members (excludes halogenated alkanes) is 1. The highest BCUT2D eigenvalue weighted by Gasteiger charge is 2.29. The molecule has 0 aliphatic heterocycles. The highest BCUT2D eigenvalue weighted by atomic mass is 32.2. The third-order valence-electron chi connectivity index (χ3n) is 4.72. The summed E-state index contributed by atoms with van der Waals surface area (Å²) in [7, 11) is 0. The zero-order valence-corrected chi connectivity index (χ0v) is 16.8. The van der Waals surface area contributed by atoms with E-state index in [1.807, 2.05) is 30.4 Å². The van der Waals surface area contributed by atoms with Gasteiger partial charge in [-0.05, 0) is 31.0 Å². The number of aryl methyl sites for hydroxylation is 1. The predicted molar refractivity (Wildman–Crippen MR) is 117 cm³/mol. The second-order valence-corrected chi connectivity index (χ2v) is 8.03. The Balaban J connectivity index is 1.78. The fourth-order valence-electron chi connectivity index (χ4n) is 3.16. The number of carbonyl (C=O) groups excluding carboxylic acids is 1. The summed E-state index contributed by atoms with van der Waals surface area (Å²) in [4.78, 5) is 15.0. The van der Waals surface area contributed by atoms with E-state index in [2.05, 4.69) is 62.4 Å². The van der Waals surface area contributed by atoms with Gasteiger partial charge in [-0.1, -0.05) is 104 Å². The van der Waals surface area contributed by atoms with E-state index in [-0.39, 0.29) is 11.7 Å². The first kappa shape index (κ1) is 19.4. The fourth-order valence-corrected chi connectivity index (χ4v) is 4.13. The van der Waals surface area contributed by atoms with Crippen molar-refractivity contribution in [2.45, 2.75) is 38.0 Å². The minimum atomic E-state index is 0.180. The molecule has 1 aliphatic carbocycles. The molecule has 1 atom stereocenters. The van der Waals surface area contributed by atoms with Crippen molar-refractivity contribution in [2.24, 2.45) is 5.92 Å². The first-order valence-electron chi connectivity index (χ1n) is 9.61. The van der Waals surface area contributed by atoms with E-state index in [1.54, 1.807) is 11.8 Å². The Bertz CT molecular complexity index is 857. The number of carbonyl (C=O) groups is 1. The molecule has 138 valence electrons. The minimum absolute atomic E-state index is 0.180. The molecule has 2 aromatic carbocycles. The number of Topliss-reactive ketones (excluding diaryl/α,β-unsaturated/α-hetero) is 1. The van der Waals surface area contributed by atoms with Crippen molar-refractivity contribution in [1.82, 2.24) is 0 Å². The van der Waals surface area contributed by atoms with Crippen molar-refractivity contribution >= 4 is 23.6 Å². The van der Waals surface area contributed by atoms with Crippen molar-refractivity contribution in [2.75, 3.05) is 0 Å². The van der Waals surface area contributed by atoms with E-state index in [9.17, 15) is 4.79 Å². The highest BCUT2D eigenvalue weighted by Crippen LogP contribution is 2.39. The van der Waals surface area contributed by atoms with Crippen LogP contribution < -0.4 is 0 Å². The zero-order chi connectivity index (χ0) is 19.1. The lowest BCUT2D eigenvalue weighted by Crippen LogP contribution is -2.04. The number of ketones is 1. The van der Waals surface area contributed by atoms with Gasteiger partial charge in [-0.2, -0.15) is 0 Å². The lowest BCUT2D eigenvalue weighted by molar-refractivity contribution is -0.111. The van der Waals surface area contributed by atoms with Gasteiger partial charge in [-0.3, -0.25) is 4.79 Å². The molecule has 3 rings (SSSR count). The molecule has 0 bridgehead atoms. The molecular weight excluding hydrogens is 348 g/mol. The summed E-state index contributed by atoms with van der Waals surface area (Å²) in [6.45, 7) is 4.27. The van der Waals surface area contributed by atoms with Gasteiger partial charge in [0.25, 0.3) is 0 Å². The molecule has 0 spiro atoms. The van der Waals surface area contributed by atoms with E-state index in [1.165, 1.54) is 5.56 Å². The van der Waals surface area contributed by atoms with Crippen molar-refractivity contribution in [3.8, 4) is 0 Å². The van der Waals surface area contributed by atoms with Crippen molar-refractivity contribution < 1.29 is 4.79 Å². The molecular formula is C25H26OS. The van der Waals surface area contributed by atoms with Gasteiger partial charge in [0.2, 0.25) is 0 Å². The standard InChI is InChI=1S/C25H26OS/c1-3-4-12-21-18-24(27-22-16-14-19(2)15-17-22)25(26)23(21)13-8-11-20-9-6-5-7-10-20/h5-11,13-18,21H,3-4,12H2,1-2H3. The number of allylic oxidation sites excluding steroid dienone is 5. The molecule has 0 heterocycles. The molecule has 0 saturated carbocycles. The quantitative estimate of drug-likeness (QED) is 0.485. The van der Waals surface area contributed by atoms with Crippen molar-refractivity contribution in [3.05, 3.63) is 94.4 Å². The van der Waals surface area contributed by atoms with E-state index in [4.69, 9.17) is 0 Å². The summed E-state index contributed by atoms with van der Waals surface area (Å²) in [5, 5.41) is 0. The van der Waals surface area contributed by atoms with Crippen LogP contribution in [0.15, 0.2) is 88.2 Å². The fraction of sp³-hybridized carbons (Fsp3) is 0.240. The molecule has 2 aromatic rings. The van der Waals surface area contributed by atoms with Crippen LogP contribution >= 0.6 is 11.8 Å². The molecule has 2 heteroatoms. The maximum Gasteiger partial charge on any atom is 0.195 e. The van der Waals surface area contributed by atoms with Gasteiger partial charge in [-0.15, -0.1) is 0 Å². The topological polar surface area (TPSA) is 17.1 Å². The van der Waals surface area contributed by atoms with Crippen LogP contribution in [-0.2, 0) is 4.79 Å². The molecule has 27 heavy (non-hydrogen) atoms. The molecule has 1 nitrogen and oxygen atoms in total. The summed E-state index contributed by atoms with van der Waals surface area (Å²) in [6.07, 6.45) is 11.6. The number of rotatable bonds is 7. The maximum absolute atomic E-state index is 13.0. The van der Waals surface area contributed by atoms with E-state index >= 15 is 0 Å². The highest BCUT2D eigenvalue weighted by molar-refractivity contribution is 8.04. The third kappa shape index (κ3) is 5.33. The third-order valence-corrected chi connectivity index (χ3v) is 5.77. The Morgan fingerprint density at radius 2 is 1.78 bits per heavy atom. The molecule has 0 saturated heterocycles. The van der Waals surface area contributed by atoms with Gasteiger partial charge in [-0.25, -0.2) is 0 Å². The SMILES string of the molecule is CCCCC1C=C(Sc2ccc(C)cc2)C(=O)C1=CC=Cc1ccccc1. The number of thioether (sulfide) groups is 1. The molecule has 0 aromatic heterocycles. The van der Waals surface area contributed by atoms with Crippen LogP contribution in [0.2, 0.25) is 0 Å². The largest absolute Gasteiger partial charge is 0.288 e. The Hall–Kier alpha value is -2.32. The lowest BCUT2D eigenvalue weighted by atomic mass is 9.95. The van der Waals surface area contributed by atoms with Gasteiger partial charge < -0.3 is 0 Å². The average molecular weight is 375 g/mol. The first-order valence-corrected chi connectivity index (χ1v) is 10.4. The van der Waals surface area contributed by atoms with E-state index < -0.39 is 0 Å². The predicted octanol–water partition coefficient (Wildman–Crippen LogP) is 7.00. The van der Waals surface area contributed by atoms with E-state index in [0.29, 0.717) is 0 Å². The molecule has 0 amide bonds. The monoisotopic (exact) mass is 374 g/mol. The van der Waals surface area contributed by atoms with Crippen LogP contribution in [0, 0.1) is 12.8 Å². The molecule has 0 fully saturated rings. The van der Waals surface area contributed by atoms with Crippen LogP contribution in [0.25, 0.3) is 6.08 Å². The summed E-state index contributed by atoms with van der Waals surface area (Å²) in [6, 6.07) is 18.6. The minimum Gasteiger partial charge on any atom is -0.288 e. The first-order chi connectivity index (χ1) is 13.2. The van der Waals surface area contributed by atoms with Gasteiger partial charge in [0.15, 0.2) is 5.78 Å². The van der Waals surface area contributed by atoms with Gasteiger partial charge in [0, 0.05) is 16.4 Å². The second-order valence-electron chi connectivity index (χ2n) is 6.92. The van der Waals surface area contributed by atoms with Crippen LogP contribution in [0.4, 0.5) is 0 Å². The summed E-state index contributed by atoms with van der Waals surface area (Å²) < 4.78 is 0. The molecule has 0 radical (unpaired) electrons. The van der Waals surface area contributed by atoms with Crippen LogP contribution in [-0.4, -0.2) is 5.78 Å². The number of benzene rings is 2. The zero-order valence-electron chi connectivity index (χ0n) is 16.0. The van der Waals surface area contributed by atoms with Crippen LogP contribution in [0.3, 0.4) is 0 Å². The molecule has 0 N–H and O–H groups in total. The Labute approximate surface area is 166 Å². The lowest BCUT2D eigenvalue weighted by Gasteiger charge is -2.08. The van der Waals surface area contributed by atoms with E-state index in [0.717, 1.165) is 40.2 Å². The Kier molecular flexibility index (Phi) is 6.89. The maximum atomic E-state index is 13.0. The number of hydrogen-bond donors (Lipinski definition) is 0. The normalized spacial score (nSPS) is 18.4. The van der Waals surface area contributed by atoms with Gasteiger partial charge in [0.1, 0.15) is 0 Å². The van der Waals surface area contributed by atoms with Crippen molar-refractivity contribution in [3.63, 3.8) is 0 Å². The molecule has 1 unspecified atom stereocenters. The van der Waals surface area contributed by atoms with Crippen LogP contribution in [0.5, 0.6) is 0 Å². The van der Waals surface area contributed by atoms with Gasteiger partial charge in [0.05, 0.1) is 4.91 Å². The smallest absolute Gasteiger partial charge is 0.195 e. The number of hydrogen-bond acceptors (Lipinski definition) is 2. The Morgan fingerprint density at radius 3 is 2.48 bits per heavy atom.